The molecule has 10 nitrogen and oxygen atoms in total. The molecule has 1 unspecified atom stereocenters. The van der Waals surface area contributed by atoms with Crippen LogP contribution in [0.5, 0.6) is 0 Å². The van der Waals surface area contributed by atoms with E-state index in [-0.39, 0.29) is 25.3 Å². The third kappa shape index (κ3) is 4.01. The zero-order valence-corrected chi connectivity index (χ0v) is 19.3. The van der Waals surface area contributed by atoms with Crippen LogP contribution in [0.2, 0.25) is 0 Å². The largest absolute Gasteiger partial charge is 0.382 e. The number of hydrogen-bond acceptors (Lipinski definition) is 8. The molecule has 2 aromatic heterocycles. The molecule has 0 saturated carbocycles. The number of nitrogen functional groups attached to an aromatic ring is 1. The predicted octanol–water partition coefficient (Wildman–Crippen LogP) is 1.27. The highest BCUT2D eigenvalue weighted by molar-refractivity contribution is 7.89. The maximum absolute atomic E-state index is 12.5. The Balaban J connectivity index is 1.67. The van der Waals surface area contributed by atoms with Gasteiger partial charge in [0.2, 0.25) is 10.0 Å². The minimum atomic E-state index is -3.40. The van der Waals surface area contributed by atoms with Gasteiger partial charge in [0.25, 0.3) is 0 Å². The van der Waals surface area contributed by atoms with Gasteiger partial charge in [-0.2, -0.15) is 14.7 Å². The molecule has 2 aliphatic heterocycles. The fourth-order valence-corrected chi connectivity index (χ4v) is 5.32. The van der Waals surface area contributed by atoms with E-state index in [4.69, 9.17) is 5.73 Å². The molecule has 2 fully saturated rings. The number of aromatic nitrogens is 4. The zero-order valence-electron chi connectivity index (χ0n) is 18.5. The topological polar surface area (TPSA) is 153 Å². The van der Waals surface area contributed by atoms with Gasteiger partial charge in [0.05, 0.1) is 29.0 Å². The first-order valence-electron chi connectivity index (χ1n) is 10.6. The Hall–Kier alpha value is -2.81. The minimum absolute atomic E-state index is 0.127. The van der Waals surface area contributed by atoms with Crippen molar-refractivity contribution in [2.24, 2.45) is 0 Å². The standard InChI is InChI=1S/C21H28N8O2S/c1-14(2)32(30,31)28-11-21(12-28,7-8-22)29-10-18(20(23)27-29)19-17(15(3)25-13-26-19)6-4-5-16-9-24-16/h4,6,10,13-14,16,24H,5,7,9,11-12H2,1-3H3,(H2,23,27)/b6-4-. The molecule has 11 heteroatoms. The molecule has 4 rings (SSSR count). The molecular weight excluding hydrogens is 428 g/mol. The van der Waals surface area contributed by atoms with Crippen molar-refractivity contribution in [3.63, 3.8) is 0 Å². The lowest BCUT2D eigenvalue weighted by atomic mass is 9.89. The van der Waals surface area contributed by atoms with Crippen LogP contribution in [0.25, 0.3) is 17.3 Å². The Morgan fingerprint density at radius 3 is 2.75 bits per heavy atom. The molecule has 0 spiro atoms. The van der Waals surface area contributed by atoms with E-state index >= 15 is 0 Å². The van der Waals surface area contributed by atoms with Crippen molar-refractivity contribution in [2.45, 2.75) is 50.4 Å². The molecule has 2 saturated heterocycles. The van der Waals surface area contributed by atoms with Crippen LogP contribution in [0.4, 0.5) is 5.82 Å². The molecule has 4 heterocycles. The summed E-state index contributed by atoms with van der Waals surface area (Å²) in [6.45, 7) is 6.62. The van der Waals surface area contributed by atoms with Crippen molar-refractivity contribution in [3.05, 3.63) is 29.9 Å². The van der Waals surface area contributed by atoms with Crippen LogP contribution in [0.15, 0.2) is 18.6 Å². The Kier molecular flexibility index (Phi) is 5.79. The van der Waals surface area contributed by atoms with E-state index in [9.17, 15) is 13.7 Å². The summed E-state index contributed by atoms with van der Waals surface area (Å²) in [6.07, 6.45) is 8.42. The van der Waals surface area contributed by atoms with Gasteiger partial charge in [-0.15, -0.1) is 0 Å². The van der Waals surface area contributed by atoms with Gasteiger partial charge in [-0.05, 0) is 27.2 Å². The third-order valence-corrected chi connectivity index (χ3v) is 8.24. The lowest BCUT2D eigenvalue weighted by molar-refractivity contribution is 0.0714. The first kappa shape index (κ1) is 22.4. The van der Waals surface area contributed by atoms with Gasteiger partial charge < -0.3 is 11.1 Å². The highest BCUT2D eigenvalue weighted by atomic mass is 32.2. The van der Waals surface area contributed by atoms with E-state index in [1.165, 1.54) is 10.6 Å². The number of nitriles is 1. The van der Waals surface area contributed by atoms with Crippen molar-refractivity contribution in [1.29, 1.82) is 5.26 Å². The second-order valence-electron chi connectivity index (χ2n) is 8.76. The summed E-state index contributed by atoms with van der Waals surface area (Å²) in [5, 5.41) is 16.6. The summed E-state index contributed by atoms with van der Waals surface area (Å²) in [7, 11) is -3.40. The number of hydrogen-bond donors (Lipinski definition) is 2. The zero-order chi connectivity index (χ0) is 23.1. The number of sulfonamides is 1. The number of nitrogens with two attached hydrogens (primary N) is 1. The van der Waals surface area contributed by atoms with E-state index < -0.39 is 20.8 Å². The second-order valence-corrected chi connectivity index (χ2v) is 11.2. The van der Waals surface area contributed by atoms with Crippen molar-refractivity contribution in [3.8, 4) is 17.3 Å². The van der Waals surface area contributed by atoms with E-state index in [1.807, 2.05) is 13.0 Å². The summed E-state index contributed by atoms with van der Waals surface area (Å²) in [5.41, 5.74) is 8.53. The summed E-state index contributed by atoms with van der Waals surface area (Å²) in [4.78, 5) is 8.78. The number of rotatable bonds is 8. The minimum Gasteiger partial charge on any atom is -0.382 e. The Labute approximate surface area is 188 Å². The smallest absolute Gasteiger partial charge is 0.216 e. The first-order chi connectivity index (χ1) is 15.2. The average Bonchev–Trinajstić information content (AvgIpc) is 3.45. The Morgan fingerprint density at radius 1 is 1.41 bits per heavy atom. The van der Waals surface area contributed by atoms with Crippen LogP contribution >= 0.6 is 0 Å². The van der Waals surface area contributed by atoms with Gasteiger partial charge in [-0.3, -0.25) is 4.68 Å². The molecule has 0 amide bonds. The van der Waals surface area contributed by atoms with Crippen LogP contribution < -0.4 is 11.1 Å². The molecule has 1 atom stereocenters. The maximum atomic E-state index is 12.5. The van der Waals surface area contributed by atoms with Crippen molar-refractivity contribution >= 4 is 21.9 Å². The third-order valence-electron chi connectivity index (χ3n) is 6.07. The summed E-state index contributed by atoms with van der Waals surface area (Å²) in [5.74, 6) is 0.282. The van der Waals surface area contributed by atoms with E-state index in [0.717, 1.165) is 24.2 Å². The Bertz CT molecular complexity index is 1180. The molecule has 2 aromatic rings. The van der Waals surface area contributed by atoms with Crippen molar-refractivity contribution in [2.75, 3.05) is 25.4 Å². The maximum Gasteiger partial charge on any atom is 0.216 e. The van der Waals surface area contributed by atoms with Gasteiger partial charge in [0.1, 0.15) is 11.9 Å². The highest BCUT2D eigenvalue weighted by Gasteiger charge is 2.51. The molecule has 2 aliphatic rings. The van der Waals surface area contributed by atoms with Gasteiger partial charge in [0.15, 0.2) is 5.82 Å². The molecule has 32 heavy (non-hydrogen) atoms. The molecule has 0 radical (unpaired) electrons. The molecule has 0 bridgehead atoms. The van der Waals surface area contributed by atoms with E-state index in [0.29, 0.717) is 17.3 Å². The summed E-state index contributed by atoms with van der Waals surface area (Å²) >= 11 is 0. The SMILES string of the molecule is Cc1ncnc(-c2cn(C3(CC#N)CN(S(=O)(=O)C(C)C)C3)nc2N)c1/C=C\CC1CN1. The number of nitrogens with zero attached hydrogens (tertiary/aromatic N) is 6. The van der Waals surface area contributed by atoms with E-state index in [1.54, 1.807) is 24.7 Å². The van der Waals surface area contributed by atoms with Gasteiger partial charge in [-0.1, -0.05) is 12.2 Å². The van der Waals surface area contributed by atoms with Gasteiger partial charge in [-0.25, -0.2) is 18.4 Å². The van der Waals surface area contributed by atoms with Crippen LogP contribution in [-0.4, -0.2) is 63.4 Å². The molecule has 0 aliphatic carbocycles. The predicted molar refractivity (Wildman–Crippen MR) is 122 cm³/mol. The van der Waals surface area contributed by atoms with Gasteiger partial charge in [0, 0.05) is 43.1 Å². The van der Waals surface area contributed by atoms with Crippen LogP contribution in [0.1, 0.15) is 37.9 Å². The summed E-state index contributed by atoms with van der Waals surface area (Å²) < 4.78 is 28.1. The van der Waals surface area contributed by atoms with Crippen molar-refractivity contribution < 1.29 is 8.42 Å². The monoisotopic (exact) mass is 456 g/mol. The van der Waals surface area contributed by atoms with Crippen LogP contribution in [-0.2, 0) is 15.6 Å². The lowest BCUT2D eigenvalue weighted by Gasteiger charge is -2.48. The molecular formula is C21H28N8O2S. The number of anilines is 1. The average molecular weight is 457 g/mol. The summed E-state index contributed by atoms with van der Waals surface area (Å²) in [6, 6.07) is 2.71. The number of nitrogens with one attached hydrogen (secondary N) is 1. The van der Waals surface area contributed by atoms with Crippen molar-refractivity contribution in [1.82, 2.24) is 29.4 Å². The molecule has 170 valence electrons. The van der Waals surface area contributed by atoms with Crippen LogP contribution in [0.3, 0.4) is 0 Å². The first-order valence-corrected chi connectivity index (χ1v) is 12.1. The fourth-order valence-electron chi connectivity index (χ4n) is 3.88. The fraction of sp³-hybridized carbons (Fsp3) is 0.524. The normalized spacial score (nSPS) is 20.4. The number of aryl methyl sites for hydroxylation is 1. The lowest BCUT2D eigenvalue weighted by Crippen LogP contribution is -2.65. The highest BCUT2D eigenvalue weighted by Crippen LogP contribution is 2.38. The van der Waals surface area contributed by atoms with Crippen LogP contribution in [0, 0.1) is 18.3 Å². The molecule has 3 N–H and O–H groups in total. The van der Waals surface area contributed by atoms with Gasteiger partial charge >= 0.3 is 0 Å². The Morgan fingerprint density at radius 2 is 2.12 bits per heavy atom. The van der Waals surface area contributed by atoms with E-state index in [2.05, 4.69) is 32.5 Å². The second kappa shape index (κ2) is 8.27. The quantitative estimate of drug-likeness (QED) is 0.563. The molecule has 0 aromatic carbocycles.